The van der Waals surface area contributed by atoms with E-state index in [-0.39, 0.29) is 6.42 Å². The summed E-state index contributed by atoms with van der Waals surface area (Å²) in [6.45, 7) is 5.98. The van der Waals surface area contributed by atoms with Crippen molar-refractivity contribution in [2.24, 2.45) is 0 Å². The number of hydrogen-bond donors (Lipinski definition) is 1. The molecule has 0 fully saturated rings. The Hall–Kier alpha value is -0.810. The Labute approximate surface area is 97.2 Å². The maximum absolute atomic E-state index is 10.4. The maximum Gasteiger partial charge on any atom is 0.309 e. The molecule has 0 radical (unpaired) electrons. The van der Waals surface area contributed by atoms with Gasteiger partial charge >= 0.3 is 5.97 Å². The Balaban J connectivity index is 2.46. The molecule has 1 heterocycles. The van der Waals surface area contributed by atoms with Gasteiger partial charge < -0.3 is 5.11 Å². The summed E-state index contributed by atoms with van der Waals surface area (Å²) in [6, 6.07) is 0. The van der Waals surface area contributed by atoms with E-state index in [1.54, 1.807) is 17.1 Å². The Kier molecular flexibility index (Phi) is 4.84. The monoisotopic (exact) mass is 243 g/mol. The van der Waals surface area contributed by atoms with Gasteiger partial charge in [0, 0.05) is 11.1 Å². The van der Waals surface area contributed by atoms with Crippen molar-refractivity contribution in [1.29, 1.82) is 0 Å². The molecule has 0 aliphatic rings. The maximum atomic E-state index is 10.4. The third-order valence-corrected chi connectivity index (χ3v) is 3.98. The fourth-order valence-electron chi connectivity index (χ4n) is 0.857. The van der Waals surface area contributed by atoms with Gasteiger partial charge in [-0.3, -0.25) is 4.79 Å². The van der Waals surface area contributed by atoms with Crippen LogP contribution in [0.5, 0.6) is 0 Å². The predicted molar refractivity (Wildman–Crippen MR) is 63.6 cm³/mol. The van der Waals surface area contributed by atoms with Crippen LogP contribution in [-0.4, -0.2) is 21.8 Å². The van der Waals surface area contributed by atoms with Gasteiger partial charge in [0.2, 0.25) is 0 Å². The van der Waals surface area contributed by atoms with Crippen LogP contribution in [0.25, 0.3) is 0 Å². The van der Waals surface area contributed by atoms with Gasteiger partial charge in [-0.05, 0) is 6.42 Å². The molecule has 0 aliphatic heterocycles. The summed E-state index contributed by atoms with van der Waals surface area (Å²) in [5, 5.41) is 10.4. The second kappa shape index (κ2) is 5.92. The van der Waals surface area contributed by atoms with Gasteiger partial charge in [0.1, 0.15) is 4.34 Å². The smallest absolute Gasteiger partial charge is 0.309 e. The summed E-state index contributed by atoms with van der Waals surface area (Å²) in [5.74, 6) is 0.0195. The standard InChI is InChI=1S/C10H13NO2S2/c1-3-7(2)5-14-10-11-8(6-15-10)4-9(12)13/h6H,2-5H2,1H3,(H,12,13). The van der Waals surface area contributed by atoms with Crippen LogP contribution in [0.2, 0.25) is 0 Å². The van der Waals surface area contributed by atoms with Crippen LogP contribution in [0.3, 0.4) is 0 Å². The molecule has 0 saturated heterocycles. The van der Waals surface area contributed by atoms with Gasteiger partial charge in [0.25, 0.3) is 0 Å². The molecular formula is C10H13NO2S2. The molecule has 5 heteroatoms. The fraction of sp³-hybridized carbons (Fsp3) is 0.400. The van der Waals surface area contributed by atoms with Crippen LogP contribution in [0, 0.1) is 0 Å². The number of carboxylic acids is 1. The number of carbonyl (C=O) groups is 1. The second-order valence-electron chi connectivity index (χ2n) is 3.07. The SMILES string of the molecule is C=C(CC)CSc1nc(CC(=O)O)cs1. The van der Waals surface area contributed by atoms with E-state index in [1.165, 1.54) is 16.9 Å². The van der Waals surface area contributed by atoms with Crippen LogP contribution < -0.4 is 0 Å². The first kappa shape index (κ1) is 12.3. The van der Waals surface area contributed by atoms with Crippen molar-refractivity contribution in [3.63, 3.8) is 0 Å². The van der Waals surface area contributed by atoms with Crippen LogP contribution in [0.4, 0.5) is 0 Å². The van der Waals surface area contributed by atoms with Crippen LogP contribution >= 0.6 is 23.1 Å². The zero-order chi connectivity index (χ0) is 11.3. The number of hydrogen-bond acceptors (Lipinski definition) is 4. The quantitative estimate of drug-likeness (QED) is 0.616. The second-order valence-corrected chi connectivity index (χ2v) is 5.15. The highest BCUT2D eigenvalue weighted by atomic mass is 32.2. The molecule has 0 bridgehead atoms. The Morgan fingerprint density at radius 3 is 3.07 bits per heavy atom. The lowest BCUT2D eigenvalue weighted by atomic mass is 10.3. The summed E-state index contributed by atoms with van der Waals surface area (Å²) < 4.78 is 0.917. The summed E-state index contributed by atoms with van der Waals surface area (Å²) in [6.07, 6.45) is 0.978. The number of rotatable bonds is 6. The third kappa shape index (κ3) is 4.48. The number of nitrogens with zero attached hydrogens (tertiary/aromatic N) is 1. The Morgan fingerprint density at radius 1 is 1.73 bits per heavy atom. The average molecular weight is 243 g/mol. The molecule has 82 valence electrons. The first-order chi connectivity index (χ1) is 7.11. The third-order valence-electron chi connectivity index (χ3n) is 1.76. The zero-order valence-electron chi connectivity index (χ0n) is 8.52. The summed E-state index contributed by atoms with van der Waals surface area (Å²) in [7, 11) is 0. The zero-order valence-corrected chi connectivity index (χ0v) is 10.2. The van der Waals surface area contributed by atoms with Crippen molar-refractivity contribution in [3.05, 3.63) is 23.2 Å². The summed E-state index contributed by atoms with van der Waals surface area (Å²) in [4.78, 5) is 14.7. The molecule has 1 aromatic heterocycles. The number of carboxylic acid groups (broad SMARTS) is 1. The molecule has 1 aromatic rings. The largest absolute Gasteiger partial charge is 0.481 e. The minimum absolute atomic E-state index is 0.00574. The van der Waals surface area contributed by atoms with Gasteiger partial charge in [-0.2, -0.15) is 0 Å². The topological polar surface area (TPSA) is 50.2 Å². The molecule has 0 atom stereocenters. The van der Waals surface area contributed by atoms with Gasteiger partial charge in [0.05, 0.1) is 12.1 Å². The lowest BCUT2D eigenvalue weighted by Crippen LogP contribution is -1.99. The first-order valence-electron chi connectivity index (χ1n) is 4.57. The minimum atomic E-state index is -0.838. The van der Waals surface area contributed by atoms with E-state index in [1.807, 2.05) is 0 Å². The fourth-order valence-corrected chi connectivity index (χ4v) is 2.71. The molecule has 0 spiro atoms. The number of aliphatic carboxylic acids is 1. The molecule has 15 heavy (non-hydrogen) atoms. The van der Waals surface area contributed by atoms with Gasteiger partial charge in [-0.1, -0.05) is 30.8 Å². The predicted octanol–water partition coefficient (Wildman–Crippen LogP) is 2.83. The lowest BCUT2D eigenvalue weighted by Gasteiger charge is -1.98. The highest BCUT2D eigenvalue weighted by Crippen LogP contribution is 2.24. The van der Waals surface area contributed by atoms with Crippen LogP contribution in [-0.2, 0) is 11.2 Å². The molecular weight excluding hydrogens is 230 g/mol. The first-order valence-corrected chi connectivity index (χ1v) is 6.44. The molecule has 1 rings (SSSR count). The van der Waals surface area contributed by atoms with Gasteiger partial charge in [0.15, 0.2) is 0 Å². The van der Waals surface area contributed by atoms with Crippen molar-refractivity contribution < 1.29 is 9.90 Å². The molecule has 1 N–H and O–H groups in total. The Morgan fingerprint density at radius 2 is 2.47 bits per heavy atom. The van der Waals surface area contributed by atoms with E-state index in [2.05, 4.69) is 18.5 Å². The number of thioether (sulfide) groups is 1. The van der Waals surface area contributed by atoms with Gasteiger partial charge in [-0.15, -0.1) is 11.3 Å². The van der Waals surface area contributed by atoms with E-state index in [0.717, 1.165) is 16.5 Å². The van der Waals surface area contributed by atoms with Crippen molar-refractivity contribution in [3.8, 4) is 0 Å². The van der Waals surface area contributed by atoms with Crippen LogP contribution in [0.15, 0.2) is 21.9 Å². The molecule has 3 nitrogen and oxygen atoms in total. The number of aromatic nitrogens is 1. The van der Waals surface area contributed by atoms with Crippen molar-refractivity contribution in [2.75, 3.05) is 5.75 Å². The van der Waals surface area contributed by atoms with Crippen molar-refractivity contribution in [2.45, 2.75) is 24.1 Å². The lowest BCUT2D eigenvalue weighted by molar-refractivity contribution is -0.136. The van der Waals surface area contributed by atoms with Gasteiger partial charge in [-0.25, -0.2) is 4.98 Å². The van der Waals surface area contributed by atoms with E-state index >= 15 is 0 Å². The molecule has 0 aromatic carbocycles. The molecule has 0 amide bonds. The van der Waals surface area contributed by atoms with E-state index < -0.39 is 5.97 Å². The molecule has 0 unspecified atom stereocenters. The Bertz CT molecular complexity index is 360. The van der Waals surface area contributed by atoms with E-state index in [4.69, 9.17) is 5.11 Å². The number of thiazole rings is 1. The normalized spacial score (nSPS) is 10.2. The average Bonchev–Trinajstić information content (AvgIpc) is 2.61. The highest BCUT2D eigenvalue weighted by molar-refractivity contribution is 8.01. The molecule has 0 saturated carbocycles. The summed E-state index contributed by atoms with van der Waals surface area (Å²) in [5.41, 5.74) is 1.81. The van der Waals surface area contributed by atoms with E-state index in [9.17, 15) is 4.79 Å². The van der Waals surface area contributed by atoms with Crippen molar-refractivity contribution in [1.82, 2.24) is 4.98 Å². The minimum Gasteiger partial charge on any atom is -0.481 e. The van der Waals surface area contributed by atoms with Crippen LogP contribution in [0.1, 0.15) is 19.0 Å². The molecule has 0 aliphatic carbocycles. The highest BCUT2D eigenvalue weighted by Gasteiger charge is 2.06. The van der Waals surface area contributed by atoms with Crippen molar-refractivity contribution >= 4 is 29.1 Å². The van der Waals surface area contributed by atoms with E-state index in [0.29, 0.717) is 5.69 Å². The summed E-state index contributed by atoms with van der Waals surface area (Å²) >= 11 is 3.11.